The van der Waals surface area contributed by atoms with Crippen LogP contribution in [0.25, 0.3) is 0 Å². The summed E-state index contributed by atoms with van der Waals surface area (Å²) in [5, 5.41) is 6.29. The smallest absolute Gasteiger partial charge is 0.191 e. The summed E-state index contributed by atoms with van der Waals surface area (Å²) in [6, 6.07) is 8.38. The Hall–Kier alpha value is -1.22. The van der Waals surface area contributed by atoms with Crippen molar-refractivity contribution in [2.75, 3.05) is 13.1 Å². The van der Waals surface area contributed by atoms with Crippen molar-refractivity contribution in [2.45, 2.75) is 26.8 Å². The molecular formula is C17H22F2IN3S. The molecule has 0 spiro atoms. The van der Waals surface area contributed by atoms with E-state index in [1.54, 1.807) is 17.4 Å². The van der Waals surface area contributed by atoms with E-state index in [9.17, 15) is 8.78 Å². The molecular weight excluding hydrogens is 443 g/mol. The highest BCUT2D eigenvalue weighted by atomic mass is 127. The predicted molar refractivity (Wildman–Crippen MR) is 107 cm³/mol. The molecule has 1 aromatic carbocycles. The predicted octanol–water partition coefficient (Wildman–Crippen LogP) is 4.25. The van der Waals surface area contributed by atoms with Crippen molar-refractivity contribution in [1.29, 1.82) is 0 Å². The van der Waals surface area contributed by atoms with E-state index in [0.717, 1.165) is 12.6 Å². The second kappa shape index (κ2) is 10.6. The number of nitrogens with one attached hydrogen (secondary N) is 2. The summed E-state index contributed by atoms with van der Waals surface area (Å²) >= 11 is 1.72. The Morgan fingerprint density at radius 1 is 1.17 bits per heavy atom. The molecule has 0 saturated carbocycles. The van der Waals surface area contributed by atoms with E-state index in [1.807, 2.05) is 6.92 Å². The maximum absolute atomic E-state index is 13.6. The summed E-state index contributed by atoms with van der Waals surface area (Å²) in [4.78, 5) is 6.95. The van der Waals surface area contributed by atoms with Gasteiger partial charge >= 0.3 is 0 Å². The van der Waals surface area contributed by atoms with E-state index in [-0.39, 0.29) is 24.0 Å². The number of aryl methyl sites for hydroxylation is 1. The third kappa shape index (κ3) is 6.35. The standard InChI is InChI=1S/C17H21F2N3S.HI/c1-3-20-17(22-11-14-8-7-12(2)23-14)21-10-9-13-5-4-6-15(18)16(13)19;/h4-8H,3,9-11H2,1-2H3,(H2,20,21,22);1H. The number of hydrogen-bond donors (Lipinski definition) is 2. The van der Waals surface area contributed by atoms with Crippen molar-refractivity contribution in [2.24, 2.45) is 4.99 Å². The van der Waals surface area contributed by atoms with Gasteiger partial charge in [0, 0.05) is 22.8 Å². The van der Waals surface area contributed by atoms with Crippen LogP contribution in [0, 0.1) is 18.6 Å². The molecule has 0 fully saturated rings. The third-order valence-corrected chi connectivity index (χ3v) is 4.24. The normalized spacial score (nSPS) is 11.1. The summed E-state index contributed by atoms with van der Waals surface area (Å²) in [6.07, 6.45) is 0.395. The summed E-state index contributed by atoms with van der Waals surface area (Å²) < 4.78 is 26.8. The van der Waals surface area contributed by atoms with E-state index in [4.69, 9.17) is 0 Å². The zero-order valence-electron chi connectivity index (χ0n) is 13.7. The lowest BCUT2D eigenvalue weighted by molar-refractivity contribution is 0.498. The van der Waals surface area contributed by atoms with E-state index in [0.29, 0.717) is 31.0 Å². The van der Waals surface area contributed by atoms with Crippen LogP contribution < -0.4 is 10.6 Å². The highest BCUT2D eigenvalue weighted by Crippen LogP contribution is 2.15. The maximum atomic E-state index is 13.6. The molecule has 0 bridgehead atoms. The van der Waals surface area contributed by atoms with Gasteiger partial charge in [0.1, 0.15) is 0 Å². The fourth-order valence-corrected chi connectivity index (χ4v) is 2.94. The van der Waals surface area contributed by atoms with Crippen LogP contribution in [-0.2, 0) is 13.0 Å². The molecule has 0 aliphatic heterocycles. The maximum Gasteiger partial charge on any atom is 0.191 e. The van der Waals surface area contributed by atoms with Gasteiger partial charge < -0.3 is 10.6 Å². The van der Waals surface area contributed by atoms with Crippen LogP contribution in [0.5, 0.6) is 0 Å². The fourth-order valence-electron chi connectivity index (χ4n) is 2.13. The molecule has 132 valence electrons. The first-order valence-corrected chi connectivity index (χ1v) is 8.42. The molecule has 24 heavy (non-hydrogen) atoms. The van der Waals surface area contributed by atoms with E-state index in [2.05, 4.69) is 34.7 Å². The molecule has 2 aromatic rings. The van der Waals surface area contributed by atoms with Gasteiger partial charge in [0.15, 0.2) is 17.6 Å². The molecule has 0 radical (unpaired) electrons. The molecule has 2 rings (SSSR count). The number of halogens is 3. The Morgan fingerprint density at radius 3 is 2.62 bits per heavy atom. The van der Waals surface area contributed by atoms with Crippen LogP contribution in [0.2, 0.25) is 0 Å². The second-order valence-corrected chi connectivity index (χ2v) is 6.47. The second-order valence-electron chi connectivity index (χ2n) is 5.10. The highest BCUT2D eigenvalue weighted by Gasteiger charge is 2.07. The molecule has 0 saturated heterocycles. The quantitative estimate of drug-likeness (QED) is 0.380. The first kappa shape index (κ1) is 20.8. The lowest BCUT2D eigenvalue weighted by Gasteiger charge is -2.11. The number of guanidine groups is 1. The minimum absolute atomic E-state index is 0. The van der Waals surface area contributed by atoms with E-state index in [1.165, 1.54) is 15.8 Å². The molecule has 1 aromatic heterocycles. The first-order valence-electron chi connectivity index (χ1n) is 7.60. The average Bonchev–Trinajstić information content (AvgIpc) is 2.94. The Morgan fingerprint density at radius 2 is 1.96 bits per heavy atom. The van der Waals surface area contributed by atoms with E-state index < -0.39 is 11.6 Å². The average molecular weight is 465 g/mol. The zero-order valence-corrected chi connectivity index (χ0v) is 16.9. The number of aliphatic imine (C=N–C) groups is 1. The summed E-state index contributed by atoms with van der Waals surface area (Å²) in [6.45, 7) is 5.87. The Labute approximate surface area is 162 Å². The van der Waals surface area contributed by atoms with Crippen molar-refractivity contribution in [3.63, 3.8) is 0 Å². The first-order chi connectivity index (χ1) is 11.1. The topological polar surface area (TPSA) is 36.4 Å². The van der Waals surface area contributed by atoms with Gasteiger partial charge in [-0.25, -0.2) is 13.8 Å². The van der Waals surface area contributed by atoms with Gasteiger partial charge in [0.05, 0.1) is 6.54 Å². The Kier molecular flexibility index (Phi) is 9.20. The lowest BCUT2D eigenvalue weighted by atomic mass is 10.1. The van der Waals surface area contributed by atoms with Crippen molar-refractivity contribution in [3.05, 3.63) is 57.3 Å². The summed E-state index contributed by atoms with van der Waals surface area (Å²) in [5.74, 6) is -0.906. The molecule has 3 nitrogen and oxygen atoms in total. The van der Waals surface area contributed by atoms with Crippen molar-refractivity contribution >= 4 is 41.3 Å². The van der Waals surface area contributed by atoms with Gasteiger partial charge in [-0.15, -0.1) is 35.3 Å². The van der Waals surface area contributed by atoms with Crippen LogP contribution in [0.4, 0.5) is 8.78 Å². The zero-order chi connectivity index (χ0) is 16.7. The van der Waals surface area contributed by atoms with Gasteiger partial charge in [-0.2, -0.15) is 0 Å². The molecule has 0 aliphatic rings. The van der Waals surface area contributed by atoms with Crippen LogP contribution in [0.1, 0.15) is 22.2 Å². The monoisotopic (exact) mass is 465 g/mol. The van der Waals surface area contributed by atoms with Gasteiger partial charge in [-0.1, -0.05) is 12.1 Å². The van der Waals surface area contributed by atoms with Gasteiger partial charge in [-0.05, 0) is 44.0 Å². The van der Waals surface area contributed by atoms with Crippen LogP contribution in [-0.4, -0.2) is 19.0 Å². The number of thiophene rings is 1. The molecule has 0 atom stereocenters. The SMILES string of the molecule is CCNC(=NCc1ccc(C)s1)NCCc1cccc(F)c1F.I. The van der Waals surface area contributed by atoms with Crippen LogP contribution in [0.3, 0.4) is 0 Å². The van der Waals surface area contributed by atoms with Gasteiger partial charge in [-0.3, -0.25) is 0 Å². The van der Waals surface area contributed by atoms with Crippen LogP contribution >= 0.6 is 35.3 Å². The Balaban J connectivity index is 0.00000288. The van der Waals surface area contributed by atoms with E-state index >= 15 is 0 Å². The third-order valence-electron chi connectivity index (χ3n) is 3.25. The van der Waals surface area contributed by atoms with Gasteiger partial charge in [0.2, 0.25) is 0 Å². The van der Waals surface area contributed by atoms with Crippen molar-refractivity contribution in [3.8, 4) is 0 Å². The highest BCUT2D eigenvalue weighted by molar-refractivity contribution is 14.0. The number of hydrogen-bond acceptors (Lipinski definition) is 2. The largest absolute Gasteiger partial charge is 0.357 e. The number of benzene rings is 1. The fraction of sp³-hybridized carbons (Fsp3) is 0.353. The minimum Gasteiger partial charge on any atom is -0.357 e. The summed E-state index contributed by atoms with van der Waals surface area (Å²) in [7, 11) is 0. The minimum atomic E-state index is -0.809. The summed E-state index contributed by atoms with van der Waals surface area (Å²) in [5.41, 5.74) is 0.363. The molecule has 0 amide bonds. The number of nitrogens with zero attached hydrogens (tertiary/aromatic N) is 1. The lowest BCUT2D eigenvalue weighted by Crippen LogP contribution is -2.38. The molecule has 0 unspecified atom stereocenters. The molecule has 7 heteroatoms. The molecule has 1 heterocycles. The Bertz CT molecular complexity index is 674. The molecule has 0 aliphatic carbocycles. The number of rotatable bonds is 6. The molecule has 2 N–H and O–H groups in total. The van der Waals surface area contributed by atoms with Gasteiger partial charge in [0.25, 0.3) is 0 Å². The van der Waals surface area contributed by atoms with Crippen LogP contribution in [0.15, 0.2) is 35.3 Å². The van der Waals surface area contributed by atoms with Crippen molar-refractivity contribution < 1.29 is 8.78 Å². The van der Waals surface area contributed by atoms with Crippen molar-refractivity contribution in [1.82, 2.24) is 10.6 Å².